The summed E-state index contributed by atoms with van der Waals surface area (Å²) in [6.07, 6.45) is 0. The summed E-state index contributed by atoms with van der Waals surface area (Å²) in [6.45, 7) is 17.3. The van der Waals surface area contributed by atoms with Crippen molar-refractivity contribution in [2.24, 2.45) is 0 Å². The lowest BCUT2D eigenvalue weighted by Gasteiger charge is -2.27. The molecule has 1 aliphatic heterocycles. The highest BCUT2D eigenvalue weighted by Gasteiger charge is 2.46. The van der Waals surface area contributed by atoms with E-state index in [2.05, 4.69) is 41.5 Å². The molecule has 0 bridgehead atoms. The molecule has 5 nitrogen and oxygen atoms in total. The van der Waals surface area contributed by atoms with Gasteiger partial charge >= 0.3 is 0 Å². The second kappa shape index (κ2) is 11.0. The minimum atomic E-state index is -0.734. The van der Waals surface area contributed by atoms with Gasteiger partial charge in [-0.1, -0.05) is 90.1 Å². The van der Waals surface area contributed by atoms with Gasteiger partial charge in [0.25, 0.3) is 11.7 Å². The molecular formula is C35H41NO4. The van der Waals surface area contributed by atoms with Gasteiger partial charge in [-0.05, 0) is 70.7 Å². The van der Waals surface area contributed by atoms with E-state index < -0.39 is 17.7 Å². The molecule has 4 rings (SSSR count). The Morgan fingerprint density at radius 2 is 1.50 bits per heavy atom. The van der Waals surface area contributed by atoms with E-state index in [1.807, 2.05) is 80.6 Å². The van der Waals surface area contributed by atoms with E-state index >= 15 is 0 Å². The van der Waals surface area contributed by atoms with Crippen molar-refractivity contribution in [3.05, 3.63) is 106 Å². The number of aliphatic hydroxyl groups is 1. The minimum Gasteiger partial charge on any atom is -0.507 e. The van der Waals surface area contributed by atoms with Crippen LogP contribution in [0, 0.1) is 6.92 Å². The highest BCUT2D eigenvalue weighted by molar-refractivity contribution is 6.46. The number of ketones is 1. The first-order chi connectivity index (χ1) is 18.7. The highest BCUT2D eigenvalue weighted by Crippen LogP contribution is 2.42. The van der Waals surface area contributed by atoms with Gasteiger partial charge in [0.15, 0.2) is 0 Å². The zero-order valence-corrected chi connectivity index (χ0v) is 25.0. The summed E-state index contributed by atoms with van der Waals surface area (Å²) in [4.78, 5) is 28.8. The maximum absolute atomic E-state index is 13.7. The topological polar surface area (TPSA) is 66.8 Å². The Hall–Kier alpha value is -3.86. The first-order valence-electron chi connectivity index (χ1n) is 13.9. The van der Waals surface area contributed by atoms with E-state index in [1.54, 1.807) is 4.90 Å². The van der Waals surface area contributed by atoms with Crippen molar-refractivity contribution in [1.29, 1.82) is 0 Å². The predicted octanol–water partition coefficient (Wildman–Crippen LogP) is 7.61. The third-order valence-corrected chi connectivity index (χ3v) is 7.55. The molecule has 40 heavy (non-hydrogen) atoms. The van der Waals surface area contributed by atoms with Crippen LogP contribution in [0.25, 0.3) is 5.76 Å². The van der Waals surface area contributed by atoms with Crippen LogP contribution in [-0.4, -0.2) is 28.3 Å². The number of hydrogen-bond donors (Lipinski definition) is 1. The third-order valence-electron chi connectivity index (χ3n) is 7.55. The summed E-state index contributed by atoms with van der Waals surface area (Å²) in [5.41, 5.74) is 5.12. The Bertz CT molecular complexity index is 1450. The van der Waals surface area contributed by atoms with Crippen molar-refractivity contribution in [3.8, 4) is 5.75 Å². The summed E-state index contributed by atoms with van der Waals surface area (Å²) in [5, 5.41) is 11.8. The molecular weight excluding hydrogens is 498 g/mol. The number of benzene rings is 3. The standard InChI is InChI=1S/C35H41NO4/c1-9-40-27-12-10-11-23(19-27)21-36-30(24-14-17-25(18-15-24)34(3,4)5)29(32(38)33(36)39)31(37)28-20-26(35(6,7)8)16-13-22(28)2/h10-20,30,37H,9,21H2,1-8H3/b31-29+. The van der Waals surface area contributed by atoms with E-state index in [-0.39, 0.29) is 28.7 Å². The lowest BCUT2D eigenvalue weighted by atomic mass is 9.84. The zero-order valence-electron chi connectivity index (χ0n) is 25.0. The number of rotatable bonds is 6. The maximum atomic E-state index is 13.7. The van der Waals surface area contributed by atoms with E-state index in [9.17, 15) is 14.7 Å². The Balaban J connectivity index is 1.89. The van der Waals surface area contributed by atoms with Crippen LogP contribution in [-0.2, 0) is 27.0 Å². The number of aliphatic hydroxyl groups excluding tert-OH is 1. The molecule has 1 atom stereocenters. The molecule has 210 valence electrons. The molecule has 1 fully saturated rings. The second-order valence-corrected chi connectivity index (χ2v) is 12.7. The number of hydrogen-bond acceptors (Lipinski definition) is 4. The second-order valence-electron chi connectivity index (χ2n) is 12.7. The van der Waals surface area contributed by atoms with E-state index in [0.29, 0.717) is 17.9 Å². The number of likely N-dealkylation sites (tertiary alicyclic amines) is 1. The number of Topliss-reactive ketones (excluding diaryl/α,β-unsaturated/α-hetero) is 1. The van der Waals surface area contributed by atoms with Gasteiger partial charge in [-0.25, -0.2) is 0 Å². The van der Waals surface area contributed by atoms with Crippen LogP contribution in [0.2, 0.25) is 0 Å². The molecule has 0 radical (unpaired) electrons. The number of nitrogens with zero attached hydrogens (tertiary/aromatic N) is 1. The Morgan fingerprint density at radius 3 is 2.10 bits per heavy atom. The predicted molar refractivity (Wildman–Crippen MR) is 160 cm³/mol. The molecule has 1 aliphatic rings. The number of aryl methyl sites for hydroxylation is 1. The maximum Gasteiger partial charge on any atom is 0.295 e. The van der Waals surface area contributed by atoms with Gasteiger partial charge in [-0.2, -0.15) is 0 Å². The number of amides is 1. The van der Waals surface area contributed by atoms with E-state index in [4.69, 9.17) is 4.74 Å². The fourth-order valence-electron chi connectivity index (χ4n) is 5.14. The summed E-state index contributed by atoms with van der Waals surface area (Å²) >= 11 is 0. The monoisotopic (exact) mass is 539 g/mol. The van der Waals surface area contributed by atoms with Gasteiger partial charge in [0.2, 0.25) is 0 Å². The van der Waals surface area contributed by atoms with Gasteiger partial charge < -0.3 is 14.7 Å². The summed E-state index contributed by atoms with van der Waals surface area (Å²) < 4.78 is 5.66. The smallest absolute Gasteiger partial charge is 0.295 e. The first kappa shape index (κ1) is 29.1. The van der Waals surface area contributed by atoms with Crippen molar-refractivity contribution in [3.63, 3.8) is 0 Å². The summed E-state index contributed by atoms with van der Waals surface area (Å²) in [6, 6.07) is 20.8. The van der Waals surface area contributed by atoms with Crippen LogP contribution in [0.5, 0.6) is 5.75 Å². The quantitative estimate of drug-likeness (QED) is 0.199. The lowest BCUT2D eigenvalue weighted by Crippen LogP contribution is -2.29. The van der Waals surface area contributed by atoms with E-state index in [1.165, 1.54) is 0 Å². The summed E-state index contributed by atoms with van der Waals surface area (Å²) in [7, 11) is 0. The third kappa shape index (κ3) is 5.84. The molecule has 1 N–H and O–H groups in total. The lowest BCUT2D eigenvalue weighted by molar-refractivity contribution is -0.140. The van der Waals surface area contributed by atoms with E-state index in [0.717, 1.165) is 27.8 Å². The largest absolute Gasteiger partial charge is 0.507 e. The summed E-state index contributed by atoms with van der Waals surface area (Å²) in [5.74, 6) is -0.739. The zero-order chi connectivity index (χ0) is 29.4. The fraction of sp³-hybridized carbons (Fsp3) is 0.371. The SMILES string of the molecule is CCOc1cccc(CN2C(=O)C(=O)/C(=C(/O)c3cc(C(C)(C)C)ccc3C)C2c2ccc(C(C)(C)C)cc2)c1. The van der Waals surface area contributed by atoms with Gasteiger partial charge in [0.1, 0.15) is 11.5 Å². The average Bonchev–Trinajstić information content (AvgIpc) is 3.13. The molecule has 1 heterocycles. The molecule has 1 saturated heterocycles. The minimum absolute atomic E-state index is 0.0510. The van der Waals surface area contributed by atoms with Crippen LogP contribution in [0.3, 0.4) is 0 Å². The van der Waals surface area contributed by atoms with Crippen molar-refractivity contribution in [2.75, 3.05) is 6.61 Å². The van der Waals surface area contributed by atoms with Crippen LogP contribution in [0.15, 0.2) is 72.3 Å². The van der Waals surface area contributed by atoms with Crippen molar-refractivity contribution >= 4 is 17.4 Å². The average molecular weight is 540 g/mol. The normalized spacial score (nSPS) is 17.4. The molecule has 1 amide bonds. The van der Waals surface area contributed by atoms with Gasteiger partial charge in [0, 0.05) is 12.1 Å². The van der Waals surface area contributed by atoms with Crippen molar-refractivity contribution in [2.45, 2.75) is 78.8 Å². The molecule has 0 aromatic heterocycles. The van der Waals surface area contributed by atoms with Crippen LogP contribution in [0.4, 0.5) is 0 Å². The number of ether oxygens (including phenoxy) is 1. The molecule has 0 aliphatic carbocycles. The van der Waals surface area contributed by atoms with Gasteiger partial charge in [0.05, 0.1) is 18.2 Å². The van der Waals surface area contributed by atoms with Gasteiger partial charge in [-0.15, -0.1) is 0 Å². The van der Waals surface area contributed by atoms with Crippen molar-refractivity contribution in [1.82, 2.24) is 4.90 Å². The first-order valence-corrected chi connectivity index (χ1v) is 13.9. The molecule has 5 heteroatoms. The molecule has 0 saturated carbocycles. The number of carbonyl (C=O) groups is 2. The molecule has 3 aromatic carbocycles. The van der Waals surface area contributed by atoms with Crippen molar-refractivity contribution < 1.29 is 19.4 Å². The highest BCUT2D eigenvalue weighted by atomic mass is 16.5. The Labute approximate surface area is 238 Å². The molecule has 0 spiro atoms. The van der Waals surface area contributed by atoms with Crippen LogP contribution >= 0.6 is 0 Å². The molecule has 1 unspecified atom stereocenters. The Kier molecular flexibility index (Phi) is 7.98. The number of carbonyl (C=O) groups excluding carboxylic acids is 2. The van der Waals surface area contributed by atoms with Crippen LogP contribution < -0.4 is 4.74 Å². The fourth-order valence-corrected chi connectivity index (χ4v) is 5.14. The molecule has 3 aromatic rings. The van der Waals surface area contributed by atoms with Gasteiger partial charge in [-0.3, -0.25) is 9.59 Å². The Morgan fingerprint density at radius 1 is 0.875 bits per heavy atom. The van der Waals surface area contributed by atoms with Crippen LogP contribution in [0.1, 0.15) is 87.9 Å².